The lowest BCUT2D eigenvalue weighted by Gasteiger charge is -2.07. The maximum absolute atomic E-state index is 11.9. The maximum Gasteiger partial charge on any atom is 0.355 e. The van der Waals surface area contributed by atoms with Crippen molar-refractivity contribution in [1.29, 1.82) is 0 Å². The molecule has 0 amide bonds. The molecule has 0 saturated heterocycles. The van der Waals surface area contributed by atoms with E-state index in [1.165, 1.54) is 0 Å². The maximum atomic E-state index is 11.9. The van der Waals surface area contributed by atoms with Gasteiger partial charge in [-0.05, 0) is 41.1 Å². The van der Waals surface area contributed by atoms with Crippen LogP contribution in [0, 0.1) is 6.92 Å². The van der Waals surface area contributed by atoms with Gasteiger partial charge in [-0.3, -0.25) is 0 Å². The Kier molecular flexibility index (Phi) is 3.70. The number of H-pyrrole nitrogens is 1. The van der Waals surface area contributed by atoms with Crippen LogP contribution in [0.3, 0.4) is 0 Å². The number of fused-ring (bicyclic) bond motifs is 1. The average Bonchev–Trinajstić information content (AvgIpc) is 2.91. The highest BCUT2D eigenvalue weighted by Gasteiger charge is 2.12. The summed E-state index contributed by atoms with van der Waals surface area (Å²) in [5.74, 6) is -0.421. The third-order valence-electron chi connectivity index (χ3n) is 3.05. The molecule has 2 aromatic heterocycles. The van der Waals surface area contributed by atoms with Gasteiger partial charge in [0, 0.05) is 10.7 Å². The van der Waals surface area contributed by atoms with Crippen molar-refractivity contribution in [2.45, 2.75) is 13.5 Å². The zero-order valence-corrected chi connectivity index (χ0v) is 12.8. The summed E-state index contributed by atoms with van der Waals surface area (Å²) in [6.07, 6.45) is 1.68. The van der Waals surface area contributed by atoms with E-state index in [4.69, 9.17) is 4.74 Å². The number of aryl methyl sites for hydroxylation is 1. The Hall–Kier alpha value is -2.21. The smallest absolute Gasteiger partial charge is 0.355 e. The van der Waals surface area contributed by atoms with Crippen molar-refractivity contribution in [3.05, 3.63) is 58.1 Å². The normalized spacial score (nSPS) is 10.8. The van der Waals surface area contributed by atoms with E-state index in [1.54, 1.807) is 12.3 Å². The first-order valence-corrected chi connectivity index (χ1v) is 7.16. The second-order valence-electron chi connectivity index (χ2n) is 4.55. The number of aromatic nitrogens is 3. The molecule has 21 heavy (non-hydrogen) atoms. The van der Waals surface area contributed by atoms with Crippen LogP contribution in [-0.2, 0) is 11.3 Å². The summed E-state index contributed by atoms with van der Waals surface area (Å²) in [4.78, 5) is 23.7. The van der Waals surface area contributed by atoms with Crippen LogP contribution < -0.4 is 0 Å². The molecular weight excluding hydrogens is 334 g/mol. The van der Waals surface area contributed by atoms with E-state index >= 15 is 0 Å². The molecule has 0 bridgehead atoms. The highest BCUT2D eigenvalue weighted by atomic mass is 79.9. The quantitative estimate of drug-likeness (QED) is 0.738. The van der Waals surface area contributed by atoms with Crippen molar-refractivity contribution < 1.29 is 9.53 Å². The fourth-order valence-corrected chi connectivity index (χ4v) is 2.30. The summed E-state index contributed by atoms with van der Waals surface area (Å²) in [5, 5.41) is 0. The monoisotopic (exact) mass is 345 g/mol. The lowest BCUT2D eigenvalue weighted by Crippen LogP contribution is -2.08. The van der Waals surface area contributed by atoms with Crippen LogP contribution in [0.25, 0.3) is 11.0 Å². The van der Waals surface area contributed by atoms with E-state index in [1.807, 2.05) is 31.2 Å². The van der Waals surface area contributed by atoms with Gasteiger partial charge in [-0.25, -0.2) is 14.8 Å². The Morgan fingerprint density at radius 3 is 2.67 bits per heavy atom. The van der Waals surface area contributed by atoms with E-state index in [2.05, 4.69) is 30.9 Å². The molecule has 1 N–H and O–H groups in total. The number of carbonyl (C=O) groups excluding carboxylic acids is 1. The number of benzene rings is 1. The van der Waals surface area contributed by atoms with Gasteiger partial charge in [-0.2, -0.15) is 0 Å². The Balaban J connectivity index is 1.78. The predicted molar refractivity (Wildman–Crippen MR) is 81.9 cm³/mol. The van der Waals surface area contributed by atoms with E-state index in [9.17, 15) is 4.79 Å². The Morgan fingerprint density at radius 1 is 1.29 bits per heavy atom. The van der Waals surface area contributed by atoms with Crippen LogP contribution in [0.4, 0.5) is 0 Å². The molecule has 1 aromatic carbocycles. The number of halogens is 1. The van der Waals surface area contributed by atoms with E-state index < -0.39 is 5.97 Å². The predicted octanol–water partition coefficient (Wildman–Crippen LogP) is 3.39. The van der Waals surface area contributed by atoms with Gasteiger partial charge in [-0.15, -0.1) is 0 Å². The van der Waals surface area contributed by atoms with Gasteiger partial charge in [0.15, 0.2) is 0 Å². The third-order valence-corrected chi connectivity index (χ3v) is 3.51. The van der Waals surface area contributed by atoms with Gasteiger partial charge in [0.1, 0.15) is 12.3 Å². The van der Waals surface area contributed by atoms with Gasteiger partial charge in [0.05, 0.1) is 22.4 Å². The Morgan fingerprint density at radius 2 is 2.00 bits per heavy atom. The number of nitrogens with zero attached hydrogens (tertiary/aromatic N) is 2. The van der Waals surface area contributed by atoms with Crippen LogP contribution in [0.2, 0.25) is 0 Å². The second-order valence-corrected chi connectivity index (χ2v) is 5.47. The summed E-state index contributed by atoms with van der Waals surface area (Å²) in [6, 6.07) is 9.27. The lowest BCUT2D eigenvalue weighted by molar-refractivity contribution is 0.0461. The minimum atomic E-state index is -0.421. The molecule has 0 aliphatic rings. The van der Waals surface area contributed by atoms with Crippen LogP contribution in [-0.4, -0.2) is 20.9 Å². The van der Waals surface area contributed by atoms with Crippen molar-refractivity contribution in [3.63, 3.8) is 0 Å². The molecule has 0 aliphatic heterocycles. The van der Waals surface area contributed by atoms with Gasteiger partial charge >= 0.3 is 5.97 Å². The van der Waals surface area contributed by atoms with Gasteiger partial charge < -0.3 is 9.72 Å². The van der Waals surface area contributed by atoms with Crippen LogP contribution in [0.15, 0.2) is 41.0 Å². The molecular formula is C15H12BrN3O2. The molecule has 0 atom stereocenters. The lowest BCUT2D eigenvalue weighted by atomic mass is 10.2. The van der Waals surface area contributed by atoms with Crippen LogP contribution in [0.1, 0.15) is 21.9 Å². The molecule has 3 rings (SSSR count). The highest BCUT2D eigenvalue weighted by molar-refractivity contribution is 9.10. The standard InChI is InChI=1S/C15H12BrN3O2/c1-9-14(19-12-5-3-2-4-11(12)18-9)8-21-15(20)13-6-10(16)7-17-13/h2-7,17H,8H2,1H3. The number of esters is 1. The molecule has 3 aromatic rings. The molecule has 0 aliphatic carbocycles. The summed E-state index contributed by atoms with van der Waals surface area (Å²) in [5.41, 5.74) is 3.44. The number of ether oxygens (including phenoxy) is 1. The van der Waals surface area contributed by atoms with Crippen molar-refractivity contribution in [1.82, 2.24) is 15.0 Å². The van der Waals surface area contributed by atoms with Crippen LogP contribution in [0.5, 0.6) is 0 Å². The summed E-state index contributed by atoms with van der Waals surface area (Å²) in [7, 11) is 0. The molecule has 0 spiro atoms. The number of nitrogens with one attached hydrogen (secondary N) is 1. The fourth-order valence-electron chi connectivity index (χ4n) is 1.96. The third kappa shape index (κ3) is 2.95. The topological polar surface area (TPSA) is 67.9 Å². The number of rotatable bonds is 3. The molecule has 6 heteroatoms. The van der Waals surface area contributed by atoms with Crippen molar-refractivity contribution >= 4 is 32.9 Å². The first kappa shape index (κ1) is 13.8. The van der Waals surface area contributed by atoms with Crippen LogP contribution >= 0.6 is 15.9 Å². The number of hydrogen-bond donors (Lipinski definition) is 1. The highest BCUT2D eigenvalue weighted by Crippen LogP contribution is 2.15. The van der Waals surface area contributed by atoms with Crippen molar-refractivity contribution in [2.75, 3.05) is 0 Å². The fraction of sp³-hybridized carbons (Fsp3) is 0.133. The van der Waals surface area contributed by atoms with Crippen molar-refractivity contribution in [2.24, 2.45) is 0 Å². The zero-order valence-electron chi connectivity index (χ0n) is 11.3. The molecule has 0 radical (unpaired) electrons. The molecule has 2 heterocycles. The second kappa shape index (κ2) is 5.65. The molecule has 0 unspecified atom stereocenters. The minimum Gasteiger partial charge on any atom is -0.454 e. The zero-order chi connectivity index (χ0) is 14.8. The summed E-state index contributed by atoms with van der Waals surface area (Å²) < 4.78 is 6.07. The summed E-state index contributed by atoms with van der Waals surface area (Å²) in [6.45, 7) is 1.95. The van der Waals surface area contributed by atoms with E-state index in [0.717, 1.165) is 21.2 Å². The molecule has 5 nitrogen and oxygen atoms in total. The number of aromatic amines is 1. The first-order valence-electron chi connectivity index (χ1n) is 6.37. The Bertz CT molecular complexity index is 814. The van der Waals surface area contributed by atoms with Gasteiger partial charge in [0.25, 0.3) is 0 Å². The SMILES string of the molecule is Cc1nc2ccccc2nc1COC(=O)c1cc(Br)c[nH]1. The average molecular weight is 346 g/mol. The molecule has 0 fully saturated rings. The van der Waals surface area contributed by atoms with E-state index in [0.29, 0.717) is 11.4 Å². The largest absolute Gasteiger partial charge is 0.454 e. The van der Waals surface area contributed by atoms with Crippen molar-refractivity contribution in [3.8, 4) is 0 Å². The van der Waals surface area contributed by atoms with Gasteiger partial charge in [-0.1, -0.05) is 12.1 Å². The minimum absolute atomic E-state index is 0.0964. The van der Waals surface area contributed by atoms with E-state index in [-0.39, 0.29) is 6.61 Å². The van der Waals surface area contributed by atoms with Gasteiger partial charge in [0.2, 0.25) is 0 Å². The number of hydrogen-bond acceptors (Lipinski definition) is 4. The molecule has 106 valence electrons. The molecule has 0 saturated carbocycles. The summed E-state index contributed by atoms with van der Waals surface area (Å²) >= 11 is 3.27. The Labute approximate surface area is 129 Å². The number of carbonyl (C=O) groups is 1. The first-order chi connectivity index (χ1) is 10.1. The number of para-hydroxylation sites is 2.